The molecule has 0 aliphatic carbocycles. The van der Waals surface area contributed by atoms with Gasteiger partial charge in [-0.2, -0.15) is 0 Å². The fraction of sp³-hybridized carbons (Fsp3) is 0.300. The lowest BCUT2D eigenvalue weighted by Gasteiger charge is -2.35. The molecule has 0 heterocycles. The lowest BCUT2D eigenvalue weighted by atomic mass is 9.79. The Hall–Kier alpha value is -5.32. The molecule has 0 radical (unpaired) electrons. The molecule has 0 fully saturated rings. The van der Waals surface area contributed by atoms with Crippen molar-refractivity contribution in [3.63, 3.8) is 0 Å². The van der Waals surface area contributed by atoms with Crippen LogP contribution in [0.2, 0.25) is 0 Å². The summed E-state index contributed by atoms with van der Waals surface area (Å²) in [5, 5.41) is 26.7. The number of nitrogens with two attached hydrogens (primary N) is 1. The number of fused-ring (bicyclic) bond motifs is 1. The van der Waals surface area contributed by atoms with Gasteiger partial charge >= 0.3 is 5.97 Å². The van der Waals surface area contributed by atoms with E-state index in [0.717, 1.165) is 28.0 Å². The largest absolute Gasteiger partial charge is 0.479 e. The van der Waals surface area contributed by atoms with Crippen LogP contribution < -0.4 is 11.1 Å². The number of carbonyl (C=O) groups excluding carboxylic acids is 3. The van der Waals surface area contributed by atoms with Crippen LogP contribution in [0.5, 0.6) is 0 Å². The number of hydrogen-bond acceptors (Lipinski definition) is 6. The van der Waals surface area contributed by atoms with Crippen molar-refractivity contribution in [1.29, 1.82) is 0 Å². The summed E-state index contributed by atoms with van der Waals surface area (Å²) in [4.78, 5) is 57.3. The number of nitrogens with zero attached hydrogens (tertiary/aromatic N) is 2. The van der Waals surface area contributed by atoms with Crippen LogP contribution in [-0.4, -0.2) is 82.5 Å². The van der Waals surface area contributed by atoms with Gasteiger partial charge in [-0.1, -0.05) is 103 Å². The predicted molar refractivity (Wildman–Crippen MR) is 194 cm³/mol. The number of aliphatic hydroxyl groups is 1. The molecule has 0 saturated carbocycles. The molecule has 10 nitrogen and oxygen atoms in total. The van der Waals surface area contributed by atoms with Crippen LogP contribution in [0.1, 0.15) is 37.0 Å². The lowest BCUT2D eigenvalue weighted by Crippen LogP contribution is -2.55. The molecule has 10 heteroatoms. The van der Waals surface area contributed by atoms with E-state index >= 15 is 0 Å². The van der Waals surface area contributed by atoms with Gasteiger partial charge in [0.05, 0.1) is 0 Å². The van der Waals surface area contributed by atoms with Gasteiger partial charge in [-0.15, -0.1) is 0 Å². The Labute approximate surface area is 293 Å². The second kappa shape index (κ2) is 15.9. The molecular formula is C40H46N4O6. The first-order chi connectivity index (χ1) is 23.6. The van der Waals surface area contributed by atoms with Gasteiger partial charge in [0.1, 0.15) is 12.1 Å². The molecule has 4 aromatic carbocycles. The highest BCUT2D eigenvalue weighted by molar-refractivity contribution is 5.97. The number of hydrogen-bond donors (Lipinski definition) is 4. The van der Waals surface area contributed by atoms with Gasteiger partial charge in [0.15, 0.2) is 0 Å². The average Bonchev–Trinajstić information content (AvgIpc) is 3.11. The Morgan fingerprint density at radius 1 is 0.780 bits per heavy atom. The van der Waals surface area contributed by atoms with Crippen molar-refractivity contribution in [2.75, 3.05) is 21.1 Å². The van der Waals surface area contributed by atoms with Crippen LogP contribution in [0.25, 0.3) is 10.8 Å². The first-order valence-electron chi connectivity index (χ1n) is 16.4. The van der Waals surface area contributed by atoms with E-state index in [1.54, 1.807) is 32.0 Å². The highest BCUT2D eigenvalue weighted by Gasteiger charge is 2.44. The van der Waals surface area contributed by atoms with Gasteiger partial charge in [-0.05, 0) is 53.3 Å². The van der Waals surface area contributed by atoms with Crippen molar-refractivity contribution in [3.05, 3.63) is 131 Å². The monoisotopic (exact) mass is 678 g/mol. The van der Waals surface area contributed by atoms with Crippen molar-refractivity contribution < 1.29 is 29.4 Å². The summed E-state index contributed by atoms with van der Waals surface area (Å²) in [7, 11) is 4.49. The normalized spacial score (nSPS) is 14.3. The Morgan fingerprint density at radius 3 is 1.92 bits per heavy atom. The SMILES string of the molecule is CNC(=O)[C@@H](Cc1ccccc1)N(C)C(=O)[C@@H](Cc1ccc2ccccc2c1)N(C)C(=O)/C=C(/CC(C)(C)N)C(O)(C(=O)O)c1ccccc1. The van der Waals surface area contributed by atoms with Crippen LogP contribution in [-0.2, 0) is 37.6 Å². The molecular weight excluding hydrogens is 632 g/mol. The Balaban J connectivity index is 1.80. The molecule has 0 saturated heterocycles. The van der Waals surface area contributed by atoms with Crippen molar-refractivity contribution in [3.8, 4) is 0 Å². The number of carboxylic acids is 1. The highest BCUT2D eigenvalue weighted by Crippen LogP contribution is 2.35. The number of carboxylic acid groups (broad SMARTS) is 1. The summed E-state index contributed by atoms with van der Waals surface area (Å²) in [6, 6.07) is 28.7. The van der Waals surface area contributed by atoms with Crippen molar-refractivity contribution in [2.24, 2.45) is 5.73 Å². The lowest BCUT2D eigenvalue weighted by molar-refractivity contribution is -0.155. The van der Waals surface area contributed by atoms with Crippen LogP contribution in [0.4, 0.5) is 0 Å². The third-order valence-corrected chi connectivity index (χ3v) is 8.89. The molecule has 0 bridgehead atoms. The summed E-state index contributed by atoms with van der Waals surface area (Å²) >= 11 is 0. The van der Waals surface area contributed by atoms with E-state index in [0.29, 0.717) is 0 Å². The fourth-order valence-corrected chi connectivity index (χ4v) is 6.08. The molecule has 262 valence electrons. The quantitative estimate of drug-likeness (QED) is 0.147. The highest BCUT2D eigenvalue weighted by atomic mass is 16.4. The number of nitrogens with one attached hydrogen (secondary N) is 1. The number of likely N-dealkylation sites (N-methyl/N-ethyl adjacent to an activating group) is 3. The molecule has 5 N–H and O–H groups in total. The maximum atomic E-state index is 14.5. The van der Waals surface area contributed by atoms with E-state index in [1.165, 1.54) is 43.1 Å². The van der Waals surface area contributed by atoms with Crippen LogP contribution in [0, 0.1) is 0 Å². The third-order valence-electron chi connectivity index (χ3n) is 8.89. The van der Waals surface area contributed by atoms with E-state index < -0.39 is 41.0 Å². The molecule has 4 rings (SSSR count). The number of aliphatic carboxylic acids is 1. The predicted octanol–water partition coefficient (Wildman–Crippen LogP) is 4.05. The molecule has 0 aliphatic heterocycles. The number of benzene rings is 4. The summed E-state index contributed by atoms with van der Waals surface area (Å²) in [6.07, 6.45) is 1.25. The molecule has 3 amide bonds. The second-order valence-electron chi connectivity index (χ2n) is 13.3. The molecule has 3 atom stereocenters. The van der Waals surface area contributed by atoms with Gasteiger partial charge in [-0.25, -0.2) is 4.79 Å². The van der Waals surface area contributed by atoms with Crippen LogP contribution in [0.15, 0.2) is 115 Å². The fourth-order valence-electron chi connectivity index (χ4n) is 6.08. The molecule has 1 unspecified atom stereocenters. The first-order valence-corrected chi connectivity index (χ1v) is 16.4. The topological polar surface area (TPSA) is 153 Å². The number of carbonyl (C=O) groups is 4. The van der Waals surface area contributed by atoms with E-state index in [9.17, 15) is 29.4 Å². The summed E-state index contributed by atoms with van der Waals surface area (Å²) in [5.74, 6) is -3.16. The van der Waals surface area contributed by atoms with E-state index in [2.05, 4.69) is 5.32 Å². The molecule has 0 aliphatic rings. The Morgan fingerprint density at radius 2 is 1.34 bits per heavy atom. The van der Waals surface area contributed by atoms with E-state index in [-0.39, 0.29) is 36.3 Å². The minimum Gasteiger partial charge on any atom is -0.479 e. The minimum atomic E-state index is -2.58. The van der Waals surface area contributed by atoms with Crippen LogP contribution in [0.3, 0.4) is 0 Å². The maximum Gasteiger partial charge on any atom is 0.344 e. The second-order valence-corrected chi connectivity index (χ2v) is 13.3. The van der Waals surface area contributed by atoms with Gasteiger partial charge in [0.2, 0.25) is 23.3 Å². The zero-order valence-corrected chi connectivity index (χ0v) is 29.2. The summed E-state index contributed by atoms with van der Waals surface area (Å²) < 4.78 is 0. The Bertz CT molecular complexity index is 1850. The van der Waals surface area contributed by atoms with Gasteiger partial charge in [-0.3, -0.25) is 14.4 Å². The Kier molecular flexibility index (Phi) is 11.9. The van der Waals surface area contributed by atoms with Gasteiger partial charge < -0.3 is 31.1 Å². The smallest absolute Gasteiger partial charge is 0.344 e. The number of rotatable bonds is 14. The van der Waals surface area contributed by atoms with Crippen LogP contribution >= 0.6 is 0 Å². The number of amides is 3. The van der Waals surface area contributed by atoms with Gasteiger partial charge in [0.25, 0.3) is 0 Å². The van der Waals surface area contributed by atoms with E-state index in [1.807, 2.05) is 72.8 Å². The first kappa shape index (κ1) is 37.5. The zero-order chi connectivity index (χ0) is 36.6. The third kappa shape index (κ3) is 8.82. The molecule has 0 aromatic heterocycles. The summed E-state index contributed by atoms with van der Waals surface area (Å²) in [6.45, 7) is 3.32. The maximum absolute atomic E-state index is 14.5. The van der Waals surface area contributed by atoms with Gasteiger partial charge in [0, 0.05) is 45.6 Å². The van der Waals surface area contributed by atoms with Crippen molar-refractivity contribution >= 4 is 34.5 Å². The van der Waals surface area contributed by atoms with E-state index in [4.69, 9.17) is 5.73 Å². The summed E-state index contributed by atoms with van der Waals surface area (Å²) in [5.41, 5.74) is 4.27. The minimum absolute atomic E-state index is 0.0521. The average molecular weight is 679 g/mol. The molecule has 4 aromatic rings. The molecule has 50 heavy (non-hydrogen) atoms. The van der Waals surface area contributed by atoms with Crippen molar-refractivity contribution in [1.82, 2.24) is 15.1 Å². The zero-order valence-electron chi connectivity index (χ0n) is 29.2. The van der Waals surface area contributed by atoms with Crippen molar-refractivity contribution in [2.45, 2.75) is 56.3 Å². The molecule has 0 spiro atoms. The standard InChI is InChI=1S/C40H46N4O6/c1-39(2,41)26-32(40(50,38(48)49)31-18-10-7-11-19-31)25-35(45)43(4)34(24-28-20-21-29-16-12-13-17-30(29)22-28)37(47)44(5)33(36(46)42-3)23-27-14-8-6-9-15-27/h6-22,25,33-34,50H,23-24,26,41H2,1-5H3,(H,42,46)(H,48,49)/b32-25-/t33-,34-,40?/m1/s1.